The number of nitrogens with one attached hydrogen (secondary N) is 2. The fourth-order valence-corrected chi connectivity index (χ4v) is 23.8. The molecule has 4 aliphatic rings. The molecule has 0 aliphatic carbocycles. The van der Waals surface area contributed by atoms with Crippen LogP contribution in [0.25, 0.3) is 83.2 Å². The highest BCUT2D eigenvalue weighted by Gasteiger charge is 2.41. The maximum absolute atomic E-state index is 12.8. The molecule has 0 bridgehead atoms. The third-order valence-electron chi connectivity index (χ3n) is 19.6. The van der Waals surface area contributed by atoms with Crippen LogP contribution in [-0.4, -0.2) is 134 Å². The van der Waals surface area contributed by atoms with Gasteiger partial charge in [0.2, 0.25) is 17.1 Å². The molecule has 122 heavy (non-hydrogen) atoms. The topological polar surface area (TPSA) is 297 Å². The number of carbonyl (C=O) groups is 7. The van der Waals surface area contributed by atoms with Crippen molar-refractivity contribution in [2.75, 3.05) is 41.1 Å². The van der Waals surface area contributed by atoms with Gasteiger partial charge in [-0.15, -0.1) is 102 Å². The Labute approximate surface area is 752 Å². The summed E-state index contributed by atoms with van der Waals surface area (Å²) in [4.78, 5) is 115. The van der Waals surface area contributed by atoms with Crippen LogP contribution < -0.4 is 22.1 Å². The molecule has 12 aromatic rings. The number of hydrogen-bond donors (Lipinski definition) is 4. The first kappa shape index (κ1) is 91.8. The third-order valence-corrected chi connectivity index (χ3v) is 28.9. The summed E-state index contributed by atoms with van der Waals surface area (Å²) >= 11 is 22.6. The largest absolute Gasteiger partial charge is 0.444 e. The van der Waals surface area contributed by atoms with Gasteiger partial charge in [-0.05, 0) is 231 Å². The first-order chi connectivity index (χ1) is 57.6. The van der Waals surface area contributed by atoms with Crippen molar-refractivity contribution in [2.45, 2.75) is 203 Å². The number of thiophene rings is 4. The molecule has 4 aromatic carbocycles. The first-order valence-electron chi connectivity index (χ1n) is 39.7. The number of nitrogens with two attached hydrogens (primary N) is 2. The second kappa shape index (κ2) is 38.0. The summed E-state index contributed by atoms with van der Waals surface area (Å²) in [5.41, 5.74) is 23.3. The number of para-hydroxylation sites is 4. The van der Waals surface area contributed by atoms with E-state index >= 15 is 0 Å². The van der Waals surface area contributed by atoms with Crippen molar-refractivity contribution in [1.82, 2.24) is 39.5 Å². The van der Waals surface area contributed by atoms with E-state index in [1.165, 1.54) is 46.0 Å². The van der Waals surface area contributed by atoms with E-state index in [-0.39, 0.29) is 72.0 Å². The van der Waals surface area contributed by atoms with E-state index in [2.05, 4.69) is 42.8 Å². The van der Waals surface area contributed by atoms with Crippen molar-refractivity contribution in [3.63, 3.8) is 0 Å². The number of nitrogens with zero attached hydrogens (tertiary/aromatic N) is 8. The number of hydrogen-bond acceptors (Lipinski definition) is 25. The average Bonchev–Trinajstić information content (AvgIpc) is 1.62. The number of thiazole rings is 4. The second-order valence-electron chi connectivity index (χ2n) is 33.4. The Balaban J connectivity index is 0.000000145. The lowest BCUT2D eigenvalue weighted by Gasteiger charge is -2.35. The number of benzene rings is 4. The Hall–Kier alpha value is -9.41. The molecule has 6 amide bonds. The number of alkyl halides is 1. The molecule has 4 atom stereocenters. The number of carbonyl (C=O) groups excluding carboxylic acids is 7. The fraction of sp³-hybridized carbons (Fsp3) is 0.382. The quantitative estimate of drug-likeness (QED) is 0.0428. The van der Waals surface area contributed by atoms with Gasteiger partial charge in [-0.3, -0.25) is 14.4 Å². The van der Waals surface area contributed by atoms with Gasteiger partial charge in [0.25, 0.3) is 0 Å². The monoisotopic (exact) mass is 1840 g/mol. The molecule has 12 heterocycles. The Morgan fingerprint density at radius 1 is 0.443 bits per heavy atom. The molecule has 6 N–H and O–H groups in total. The summed E-state index contributed by atoms with van der Waals surface area (Å²) in [6.45, 7) is 39.9. The molecule has 33 heteroatoms. The van der Waals surface area contributed by atoms with Gasteiger partial charge >= 0.3 is 24.4 Å². The molecule has 0 saturated carbocycles. The summed E-state index contributed by atoms with van der Waals surface area (Å²) < 4.78 is 26.9. The lowest BCUT2D eigenvalue weighted by Crippen LogP contribution is -2.44. The SMILES string of the molecule is C=CC(=O)Nc1sc2c(c1-c1nc3ccccc3s1)CC(C)N(C(=O)OC(C)(C)C)C2.C=CC(=O)Nc1sc2c(c1-c1nc3ccccc3s1)CCN(C(=O)OC(C)(C)C)C2C.CC1Cc2c(sc(N)c2-c2nc3ccccc3s2)CN1C(=O)OC(C)(C)C.CC1c2sc(N)c(-c3nc4ccccc4s3)c2CCN1C(=O)OC(C)(C)C.O=C(Cl)CCCl. The van der Waals surface area contributed by atoms with Crippen molar-refractivity contribution >= 4 is 216 Å². The summed E-state index contributed by atoms with van der Waals surface area (Å²) in [6.07, 6.45) is 4.46. The van der Waals surface area contributed by atoms with Crippen molar-refractivity contribution in [1.29, 1.82) is 0 Å². The van der Waals surface area contributed by atoms with Crippen LogP contribution in [0.1, 0.15) is 171 Å². The highest BCUT2D eigenvalue weighted by molar-refractivity contribution is 7.24. The Morgan fingerprint density at radius 3 is 1.09 bits per heavy atom. The molecule has 16 rings (SSSR count). The van der Waals surface area contributed by atoms with Crippen LogP contribution in [0.5, 0.6) is 0 Å². The van der Waals surface area contributed by atoms with E-state index in [1.807, 2.05) is 189 Å². The van der Waals surface area contributed by atoms with Gasteiger partial charge in [-0.2, -0.15) is 0 Å². The smallest absolute Gasteiger partial charge is 0.410 e. The van der Waals surface area contributed by atoms with E-state index in [0.717, 1.165) is 147 Å². The van der Waals surface area contributed by atoms with Gasteiger partial charge in [0, 0.05) is 79.2 Å². The molecule has 23 nitrogen and oxygen atoms in total. The molecule has 0 fully saturated rings. The van der Waals surface area contributed by atoms with Crippen molar-refractivity contribution in [2.24, 2.45) is 0 Å². The van der Waals surface area contributed by atoms with Gasteiger partial charge in [0.05, 0.1) is 76.0 Å². The van der Waals surface area contributed by atoms with Crippen LogP contribution in [0, 0.1) is 0 Å². The molecule has 4 unspecified atom stereocenters. The van der Waals surface area contributed by atoms with Crippen LogP contribution in [0.3, 0.4) is 0 Å². The number of aromatic nitrogens is 4. The van der Waals surface area contributed by atoms with Crippen LogP contribution >= 0.6 is 114 Å². The molecular weight excluding hydrogens is 1740 g/mol. The lowest BCUT2D eigenvalue weighted by molar-refractivity contribution is -0.112. The van der Waals surface area contributed by atoms with Gasteiger partial charge in [0.1, 0.15) is 52.4 Å². The Kier molecular flexibility index (Phi) is 28.6. The zero-order valence-electron chi connectivity index (χ0n) is 70.9. The number of halogens is 2. The zero-order valence-corrected chi connectivity index (χ0v) is 79.0. The van der Waals surface area contributed by atoms with E-state index in [4.69, 9.17) is 73.6 Å². The minimum atomic E-state index is -0.554. The normalized spacial score (nSPS) is 16.2. The molecule has 8 aromatic heterocycles. The Morgan fingerprint density at radius 2 is 0.746 bits per heavy atom. The van der Waals surface area contributed by atoms with Crippen molar-refractivity contribution < 1.29 is 52.5 Å². The summed E-state index contributed by atoms with van der Waals surface area (Å²) in [5.74, 6) is -0.210. The van der Waals surface area contributed by atoms with Crippen molar-refractivity contribution in [3.05, 3.63) is 164 Å². The predicted octanol–water partition coefficient (Wildman–Crippen LogP) is 24.0. The second-order valence-corrected chi connectivity index (χ2v) is 42.7. The van der Waals surface area contributed by atoms with Gasteiger partial charge in [-0.1, -0.05) is 61.7 Å². The van der Waals surface area contributed by atoms with E-state index in [1.54, 1.807) is 87.6 Å². The molecule has 0 spiro atoms. The van der Waals surface area contributed by atoms with Gasteiger partial charge in [0.15, 0.2) is 0 Å². The number of rotatable bonds is 10. The van der Waals surface area contributed by atoms with Crippen LogP contribution in [0.15, 0.2) is 122 Å². The highest BCUT2D eigenvalue weighted by atomic mass is 35.5. The standard InChI is InChI=1S/2C23H25N3O3S2.2C20H23N3O2S2.C3H4Cl2O/c1-6-18(27)25-21-19(20-24-15-9-7-8-10-16(15)30-20)14-11-13(2)26(12-17(14)31-21)22(28)29-23(3,4)5;1-6-17(27)25-21-18(20-24-15-9-7-8-10-16(15)30-20)14-11-12-26(13(2)19(14)31-21)22(28)29-23(3,4)5;1-11-9-12-15(10-23(11)19(24)25-20(2,3)4)26-17(21)16(12)18-22-13-7-5-6-8-14(13)27-18;1-11-16-12(9-10-23(11)19(24)25-20(2,3)4)15(17(21)27-16)18-22-13-7-5-6-8-14(13)26-18;4-2-1-3(5)6/h2*6-10,13H,1,11-12H2,2-5H3,(H,25,27);2*5-8,11H,9-10,21H2,1-4H3;1-2H2. The van der Waals surface area contributed by atoms with Crippen LogP contribution in [0.2, 0.25) is 0 Å². The van der Waals surface area contributed by atoms with Crippen LogP contribution in [0.4, 0.5) is 39.2 Å². The minimum Gasteiger partial charge on any atom is -0.444 e. The molecule has 644 valence electrons. The molecule has 4 aliphatic heterocycles. The summed E-state index contributed by atoms with van der Waals surface area (Å²) in [6, 6.07) is 32.1. The number of ether oxygens (including phenoxy) is 4. The van der Waals surface area contributed by atoms with Crippen molar-refractivity contribution in [3.8, 4) is 42.3 Å². The predicted molar refractivity (Wildman–Crippen MR) is 504 cm³/mol. The summed E-state index contributed by atoms with van der Waals surface area (Å²) in [7, 11) is 0. The average molecular weight is 1840 g/mol. The fourth-order valence-electron chi connectivity index (χ4n) is 14.1. The van der Waals surface area contributed by atoms with E-state index in [9.17, 15) is 33.6 Å². The maximum Gasteiger partial charge on any atom is 0.410 e. The minimum absolute atomic E-state index is 0.0342. The number of fused-ring (bicyclic) bond motifs is 8. The first-order valence-corrected chi connectivity index (χ1v) is 47.2. The zero-order chi connectivity index (χ0) is 88.4. The van der Waals surface area contributed by atoms with Gasteiger partial charge in [-0.25, -0.2) is 39.1 Å². The molecular formula is C89H100Cl2N12O11S8. The van der Waals surface area contributed by atoms with Gasteiger partial charge < -0.3 is 60.6 Å². The summed E-state index contributed by atoms with van der Waals surface area (Å²) in [5, 5.41) is 12.2. The molecule has 0 saturated heterocycles. The molecule has 0 radical (unpaired) electrons. The lowest BCUT2D eigenvalue weighted by atomic mass is 9.97. The van der Waals surface area contributed by atoms with E-state index < -0.39 is 22.4 Å². The maximum atomic E-state index is 12.8. The number of anilines is 4. The van der Waals surface area contributed by atoms with Crippen LogP contribution in [-0.2, 0) is 72.1 Å². The van der Waals surface area contributed by atoms with E-state index in [0.29, 0.717) is 44.9 Å². The number of amides is 6. The Bertz CT molecular complexity index is 5760. The highest BCUT2D eigenvalue weighted by Crippen LogP contribution is 2.53. The number of nitrogen functional groups attached to an aromatic ring is 2. The third kappa shape index (κ3) is 21.7.